The molecule has 4 nitrogen and oxygen atoms in total. The Balaban J connectivity index is 2.51. The van der Waals surface area contributed by atoms with Crippen LogP contribution in [0.25, 0.3) is 0 Å². The van der Waals surface area contributed by atoms with Crippen molar-refractivity contribution in [2.45, 2.75) is 32.6 Å². The van der Waals surface area contributed by atoms with E-state index in [1.807, 2.05) is 31.2 Å². The third-order valence-corrected chi connectivity index (χ3v) is 2.43. The van der Waals surface area contributed by atoms with Crippen LogP contribution in [0.3, 0.4) is 0 Å². The SMILES string of the molecule is CCCOc1ccccc1NC(=O)CCCCO. The summed E-state index contributed by atoms with van der Waals surface area (Å²) >= 11 is 0. The number of ether oxygens (including phenoxy) is 1. The highest BCUT2D eigenvalue weighted by molar-refractivity contribution is 5.92. The highest BCUT2D eigenvalue weighted by Crippen LogP contribution is 2.24. The molecule has 0 heterocycles. The zero-order valence-electron chi connectivity index (χ0n) is 10.8. The fraction of sp³-hybridized carbons (Fsp3) is 0.500. The van der Waals surface area contributed by atoms with Crippen LogP contribution in [0.5, 0.6) is 5.75 Å². The van der Waals surface area contributed by atoms with Crippen molar-refractivity contribution in [3.05, 3.63) is 24.3 Å². The van der Waals surface area contributed by atoms with Crippen LogP contribution in [0, 0.1) is 0 Å². The Morgan fingerprint density at radius 1 is 1.33 bits per heavy atom. The van der Waals surface area contributed by atoms with E-state index < -0.39 is 0 Å². The molecular weight excluding hydrogens is 230 g/mol. The first-order valence-electron chi connectivity index (χ1n) is 6.40. The molecule has 0 unspecified atom stereocenters. The Kier molecular flexibility index (Phi) is 6.87. The van der Waals surface area contributed by atoms with Crippen LogP contribution in [0.15, 0.2) is 24.3 Å². The van der Waals surface area contributed by atoms with Crippen molar-refractivity contribution in [1.29, 1.82) is 0 Å². The van der Waals surface area contributed by atoms with Gasteiger partial charge in [-0.25, -0.2) is 0 Å². The number of unbranched alkanes of at least 4 members (excludes halogenated alkanes) is 1. The van der Waals surface area contributed by atoms with Crippen LogP contribution in [0.2, 0.25) is 0 Å². The van der Waals surface area contributed by atoms with Crippen molar-refractivity contribution in [3.63, 3.8) is 0 Å². The van der Waals surface area contributed by atoms with Crippen molar-refractivity contribution in [2.75, 3.05) is 18.5 Å². The Morgan fingerprint density at radius 2 is 2.11 bits per heavy atom. The van der Waals surface area contributed by atoms with Gasteiger partial charge in [0.05, 0.1) is 12.3 Å². The summed E-state index contributed by atoms with van der Waals surface area (Å²) < 4.78 is 5.56. The highest BCUT2D eigenvalue weighted by Gasteiger charge is 2.06. The van der Waals surface area contributed by atoms with Gasteiger partial charge in [0.15, 0.2) is 0 Å². The molecule has 1 amide bonds. The molecule has 0 aliphatic heterocycles. The third kappa shape index (κ3) is 5.19. The maximum absolute atomic E-state index is 11.7. The number of amides is 1. The van der Waals surface area contributed by atoms with Crippen molar-refractivity contribution in [1.82, 2.24) is 0 Å². The molecule has 0 saturated heterocycles. The van der Waals surface area contributed by atoms with E-state index in [1.165, 1.54) is 0 Å². The lowest BCUT2D eigenvalue weighted by Crippen LogP contribution is -2.12. The summed E-state index contributed by atoms with van der Waals surface area (Å²) in [6.07, 6.45) is 2.70. The number of carbonyl (C=O) groups is 1. The first-order valence-corrected chi connectivity index (χ1v) is 6.40. The van der Waals surface area contributed by atoms with Crippen LogP contribution in [0.4, 0.5) is 5.69 Å². The molecule has 0 fully saturated rings. The van der Waals surface area contributed by atoms with Gasteiger partial charge in [-0.2, -0.15) is 0 Å². The molecule has 1 aromatic carbocycles. The average Bonchev–Trinajstić information content (AvgIpc) is 2.38. The lowest BCUT2D eigenvalue weighted by molar-refractivity contribution is -0.116. The molecule has 0 aliphatic carbocycles. The van der Waals surface area contributed by atoms with Gasteiger partial charge in [0.1, 0.15) is 5.75 Å². The van der Waals surface area contributed by atoms with Gasteiger partial charge in [-0.15, -0.1) is 0 Å². The minimum atomic E-state index is -0.0454. The number of para-hydroxylation sites is 2. The van der Waals surface area contributed by atoms with Crippen LogP contribution in [-0.2, 0) is 4.79 Å². The van der Waals surface area contributed by atoms with Gasteiger partial charge >= 0.3 is 0 Å². The summed E-state index contributed by atoms with van der Waals surface area (Å²) in [6.45, 7) is 2.80. The van der Waals surface area contributed by atoms with E-state index in [2.05, 4.69) is 5.32 Å². The Bertz CT molecular complexity index is 366. The molecular formula is C14H21NO3. The van der Waals surface area contributed by atoms with Crippen LogP contribution < -0.4 is 10.1 Å². The predicted molar refractivity (Wildman–Crippen MR) is 71.8 cm³/mol. The Hall–Kier alpha value is -1.55. The van der Waals surface area contributed by atoms with E-state index in [-0.39, 0.29) is 12.5 Å². The summed E-state index contributed by atoms with van der Waals surface area (Å²) in [7, 11) is 0. The van der Waals surface area contributed by atoms with Gasteiger partial charge in [-0.1, -0.05) is 19.1 Å². The number of benzene rings is 1. The molecule has 0 radical (unpaired) electrons. The molecule has 1 rings (SSSR count). The molecule has 18 heavy (non-hydrogen) atoms. The molecule has 0 aromatic heterocycles. The second-order valence-corrected chi connectivity index (χ2v) is 4.07. The number of carbonyl (C=O) groups excluding carboxylic acids is 1. The minimum absolute atomic E-state index is 0.0454. The van der Waals surface area contributed by atoms with E-state index in [1.54, 1.807) is 0 Å². The van der Waals surface area contributed by atoms with Crippen molar-refractivity contribution >= 4 is 11.6 Å². The lowest BCUT2D eigenvalue weighted by atomic mass is 10.2. The molecule has 4 heteroatoms. The zero-order chi connectivity index (χ0) is 13.2. The molecule has 0 saturated carbocycles. The first-order chi connectivity index (χ1) is 8.77. The number of nitrogens with one attached hydrogen (secondary N) is 1. The molecule has 0 spiro atoms. The van der Waals surface area contributed by atoms with Crippen molar-refractivity contribution in [3.8, 4) is 5.75 Å². The van der Waals surface area contributed by atoms with Gasteiger partial charge in [0.2, 0.25) is 5.91 Å². The van der Waals surface area contributed by atoms with Gasteiger partial charge in [-0.3, -0.25) is 4.79 Å². The smallest absolute Gasteiger partial charge is 0.224 e. The second-order valence-electron chi connectivity index (χ2n) is 4.07. The highest BCUT2D eigenvalue weighted by atomic mass is 16.5. The van der Waals surface area contributed by atoms with Gasteiger partial charge in [-0.05, 0) is 31.4 Å². The number of aliphatic hydroxyl groups is 1. The van der Waals surface area contributed by atoms with E-state index in [0.29, 0.717) is 37.3 Å². The molecule has 0 bridgehead atoms. The number of aliphatic hydroxyl groups excluding tert-OH is 1. The molecule has 2 N–H and O–H groups in total. The summed E-state index contributed by atoms with van der Waals surface area (Å²) in [4.78, 5) is 11.7. The third-order valence-electron chi connectivity index (χ3n) is 2.43. The van der Waals surface area contributed by atoms with Crippen molar-refractivity contribution in [2.24, 2.45) is 0 Å². The van der Waals surface area contributed by atoms with E-state index >= 15 is 0 Å². The molecule has 0 aliphatic rings. The fourth-order valence-corrected chi connectivity index (χ4v) is 1.52. The topological polar surface area (TPSA) is 58.6 Å². The van der Waals surface area contributed by atoms with Crippen LogP contribution >= 0.6 is 0 Å². The summed E-state index contributed by atoms with van der Waals surface area (Å²) in [6, 6.07) is 7.42. The standard InChI is InChI=1S/C14H21NO3/c1-2-11-18-13-8-4-3-7-12(13)15-14(17)9-5-6-10-16/h3-4,7-8,16H,2,5-6,9-11H2,1H3,(H,15,17). The second kappa shape index (κ2) is 8.53. The van der Waals surface area contributed by atoms with Gasteiger partial charge in [0.25, 0.3) is 0 Å². The van der Waals surface area contributed by atoms with Gasteiger partial charge < -0.3 is 15.2 Å². The Labute approximate surface area is 108 Å². The molecule has 1 aromatic rings. The maximum Gasteiger partial charge on any atom is 0.224 e. The summed E-state index contributed by atoms with van der Waals surface area (Å²) in [5.74, 6) is 0.658. The first kappa shape index (κ1) is 14.5. The average molecular weight is 251 g/mol. The quantitative estimate of drug-likeness (QED) is 0.698. The number of anilines is 1. The zero-order valence-corrected chi connectivity index (χ0v) is 10.8. The van der Waals surface area contributed by atoms with Crippen molar-refractivity contribution < 1.29 is 14.6 Å². The summed E-state index contributed by atoms with van der Waals surface area (Å²) in [5.41, 5.74) is 0.708. The fourth-order valence-electron chi connectivity index (χ4n) is 1.52. The maximum atomic E-state index is 11.7. The lowest BCUT2D eigenvalue weighted by Gasteiger charge is -2.11. The molecule has 100 valence electrons. The largest absolute Gasteiger partial charge is 0.491 e. The summed E-state index contributed by atoms with van der Waals surface area (Å²) in [5, 5.41) is 11.5. The number of hydrogen-bond acceptors (Lipinski definition) is 3. The minimum Gasteiger partial charge on any atom is -0.491 e. The Morgan fingerprint density at radius 3 is 2.83 bits per heavy atom. The van der Waals surface area contributed by atoms with Gasteiger partial charge in [0, 0.05) is 13.0 Å². The van der Waals surface area contributed by atoms with E-state index in [4.69, 9.17) is 9.84 Å². The number of rotatable bonds is 8. The van der Waals surface area contributed by atoms with Crippen LogP contribution in [0.1, 0.15) is 32.6 Å². The molecule has 0 atom stereocenters. The van der Waals surface area contributed by atoms with Crippen LogP contribution in [-0.4, -0.2) is 24.2 Å². The normalized spacial score (nSPS) is 10.1. The van der Waals surface area contributed by atoms with E-state index in [0.717, 1.165) is 6.42 Å². The monoisotopic (exact) mass is 251 g/mol. The van der Waals surface area contributed by atoms with E-state index in [9.17, 15) is 4.79 Å². The predicted octanol–water partition coefficient (Wildman–Crippen LogP) is 2.58. The number of hydrogen-bond donors (Lipinski definition) is 2.